The molecule has 0 heterocycles. The van der Waals surface area contributed by atoms with Gasteiger partial charge < -0.3 is 176 Å². The van der Waals surface area contributed by atoms with E-state index in [4.69, 9.17) is 31.3 Å². The maximum Gasteiger partial charge on any atom is 0.251 e. The van der Waals surface area contributed by atoms with Crippen LogP contribution in [0, 0.1) is 0 Å². The van der Waals surface area contributed by atoms with Crippen LogP contribution in [-0.2, 0) is 24.0 Å². The third-order valence-corrected chi connectivity index (χ3v) is 15.6. The number of hydrogen-bond donors (Lipinski definition) is 33. The summed E-state index contributed by atoms with van der Waals surface area (Å²) < 4.78 is 0. The lowest BCUT2D eigenvalue weighted by Gasteiger charge is -2.31. The Kier molecular flexibility index (Phi) is 50.8. The number of aliphatic hydroxyl groups is 25. The topological polar surface area (TPSA) is 714 Å². The Morgan fingerprint density at radius 2 is 0.474 bits per heavy atom. The molecule has 97 heavy (non-hydrogen) atoms. The van der Waals surface area contributed by atoms with E-state index in [0.717, 1.165) is 0 Å². The second-order valence-electron chi connectivity index (χ2n) is 23.1. The average molecular weight is 1420 g/mol. The number of hydrogen-bond acceptors (Lipinski definition) is 37. The molecule has 0 rings (SSSR count). The molecule has 20 unspecified atom stereocenters. The lowest BCUT2D eigenvalue weighted by atomic mass is 10.0. The van der Waals surface area contributed by atoms with Gasteiger partial charge in [-0.25, -0.2) is 0 Å². The molecule has 0 bridgehead atoms. The highest BCUT2D eigenvalue weighted by atomic mass is 16.4. The first-order chi connectivity index (χ1) is 45.8. The second-order valence-corrected chi connectivity index (χ2v) is 23.1. The van der Waals surface area contributed by atoms with Crippen molar-refractivity contribution in [2.24, 2.45) is 5.73 Å². The van der Waals surface area contributed by atoms with Crippen LogP contribution in [0.1, 0.15) is 19.3 Å². The van der Waals surface area contributed by atoms with Crippen molar-refractivity contribution in [1.29, 1.82) is 0 Å². The minimum Gasteiger partial charge on any atom is -0.394 e. The summed E-state index contributed by atoms with van der Waals surface area (Å²) in [6.07, 6.45) is -40.1. The molecular formula is C55H114N12O30. The lowest BCUT2D eigenvalue weighted by molar-refractivity contribution is -0.149. The van der Waals surface area contributed by atoms with E-state index in [0.29, 0.717) is 78.2 Å². The number of carbonyl (C=O) groups excluding carboxylic acids is 5. The largest absolute Gasteiger partial charge is 0.394 e. The monoisotopic (exact) mass is 1420 g/mol. The van der Waals surface area contributed by atoms with Gasteiger partial charge in [0.2, 0.25) is 0 Å². The first-order valence-corrected chi connectivity index (χ1v) is 31.9. The molecular weight excluding hydrogens is 1310 g/mol. The van der Waals surface area contributed by atoms with E-state index >= 15 is 0 Å². The third-order valence-electron chi connectivity index (χ3n) is 15.6. The van der Waals surface area contributed by atoms with Crippen molar-refractivity contribution in [2.75, 3.05) is 177 Å². The molecule has 20 atom stereocenters. The van der Waals surface area contributed by atoms with Crippen LogP contribution in [0.2, 0.25) is 0 Å². The molecule has 0 fully saturated rings. The summed E-state index contributed by atoms with van der Waals surface area (Å²) in [6, 6.07) is 0. The molecule has 0 aliphatic heterocycles. The van der Waals surface area contributed by atoms with E-state index in [2.05, 4.69) is 42.1 Å². The SMILES string of the molecule is NCCN(CCNC(=O)C(O)C(O)C(O)C(O)CO)CCN(CCCCCNC(=O)C(O)C(O)C(O)C(O)CO)CCN(CCNCCNC(=O)C(O)C(O)C(O)C(O)CO)CCNCCN(CCNC(=O)C(O)C(O)C(O)C(O)CO)CCNC(=O)C(O)C(O)C(O)C(O)CO. The fourth-order valence-electron chi connectivity index (χ4n) is 9.10. The van der Waals surface area contributed by atoms with Crippen molar-refractivity contribution < 1.29 is 152 Å². The Morgan fingerprint density at radius 1 is 0.247 bits per heavy atom. The molecule has 34 N–H and O–H groups in total. The highest BCUT2D eigenvalue weighted by molar-refractivity contribution is 5.83. The summed E-state index contributed by atoms with van der Waals surface area (Å²) in [5.41, 5.74) is 5.94. The standard InChI is InChI=1S/C55H114N12O30/c56-4-15-65(19-11-61-53(95)48(90)43(85)38(80)33(75)28-70)24-22-64(14-3-1-2-5-59-51(93)46(88)41(83)36(78)31(73)26-68)23-25-67(17-8-57-6-7-60-52(94)47(89)42(84)37(79)32(74)27-69)18-10-58-9-16-66(20-12-62-54(96)49(91)44(86)39(81)34(76)29-71)21-13-63-55(97)50(92)45(87)40(82)35(77)30-72/h31-50,57-58,68-92H,1-30,56H2,(H,59,93)(H,60,94)(H,61,95)(H,62,96)(H,63,97). The number of unbranched alkanes of at least 4 members (excludes halogenated alkanes) is 2. The first-order valence-electron chi connectivity index (χ1n) is 31.9. The average Bonchev–Trinajstić information content (AvgIpc) is 1.11. The normalized spacial score (nSPS) is 18.5. The summed E-state index contributed by atoms with van der Waals surface area (Å²) in [6.45, 7) is -1.12. The first kappa shape index (κ1) is 93.1. The molecule has 0 aromatic rings. The van der Waals surface area contributed by atoms with Crippen LogP contribution in [0.4, 0.5) is 0 Å². The molecule has 0 aromatic heterocycles. The maximum absolute atomic E-state index is 12.7. The third kappa shape index (κ3) is 36.5. The molecule has 0 aliphatic carbocycles. The summed E-state index contributed by atoms with van der Waals surface area (Å²) in [5.74, 6) is -5.56. The van der Waals surface area contributed by atoms with Gasteiger partial charge in [-0.15, -0.1) is 0 Å². The van der Waals surface area contributed by atoms with E-state index in [1.165, 1.54) is 0 Å². The van der Waals surface area contributed by atoms with Crippen molar-refractivity contribution in [3.05, 3.63) is 0 Å². The highest BCUT2D eigenvalue weighted by Crippen LogP contribution is 2.11. The molecule has 0 aromatic carbocycles. The minimum absolute atomic E-state index is 0.0127. The molecule has 574 valence electrons. The molecule has 0 radical (unpaired) electrons. The van der Waals surface area contributed by atoms with Crippen LogP contribution in [-0.4, -0.2) is 476 Å². The van der Waals surface area contributed by atoms with E-state index in [1.807, 2.05) is 9.80 Å². The quantitative estimate of drug-likeness (QED) is 0.0251. The van der Waals surface area contributed by atoms with Crippen LogP contribution < -0.4 is 43.0 Å². The summed E-state index contributed by atoms with van der Waals surface area (Å²) in [7, 11) is 0. The maximum atomic E-state index is 12.7. The van der Waals surface area contributed by atoms with Crippen LogP contribution in [0.3, 0.4) is 0 Å². The number of carbonyl (C=O) groups is 5. The molecule has 5 amide bonds. The zero-order valence-electron chi connectivity index (χ0n) is 54.3. The summed E-state index contributed by atoms with van der Waals surface area (Å²) >= 11 is 0. The number of nitrogens with one attached hydrogen (secondary N) is 7. The fraction of sp³-hybridized carbons (Fsp3) is 0.909. The molecule has 0 saturated heterocycles. The van der Waals surface area contributed by atoms with Crippen molar-refractivity contribution in [2.45, 2.75) is 141 Å². The number of aliphatic hydroxyl groups excluding tert-OH is 25. The Morgan fingerprint density at radius 3 is 0.753 bits per heavy atom. The van der Waals surface area contributed by atoms with Crippen LogP contribution >= 0.6 is 0 Å². The second kappa shape index (κ2) is 53.0. The zero-order valence-corrected chi connectivity index (χ0v) is 54.3. The van der Waals surface area contributed by atoms with E-state index in [-0.39, 0.29) is 85.1 Å². The Bertz CT molecular complexity index is 2050. The molecule has 0 saturated carbocycles. The lowest BCUT2D eigenvalue weighted by Crippen LogP contribution is -2.53. The van der Waals surface area contributed by atoms with E-state index < -0.39 is 185 Å². The highest BCUT2D eigenvalue weighted by Gasteiger charge is 2.38. The molecule has 42 nitrogen and oxygen atoms in total. The van der Waals surface area contributed by atoms with Gasteiger partial charge >= 0.3 is 0 Å². The fourth-order valence-corrected chi connectivity index (χ4v) is 9.10. The van der Waals surface area contributed by atoms with E-state index in [1.54, 1.807) is 4.90 Å². The number of amides is 5. The van der Waals surface area contributed by atoms with Gasteiger partial charge in [-0.05, 0) is 19.4 Å². The van der Waals surface area contributed by atoms with Crippen LogP contribution in [0.25, 0.3) is 0 Å². The van der Waals surface area contributed by atoms with Crippen molar-refractivity contribution >= 4 is 29.5 Å². The smallest absolute Gasteiger partial charge is 0.251 e. The van der Waals surface area contributed by atoms with Gasteiger partial charge in [0.25, 0.3) is 29.5 Å². The summed E-state index contributed by atoms with van der Waals surface area (Å²) in [5, 5.41) is 264. The predicted octanol–water partition coefficient (Wildman–Crippen LogP) is -20.7. The Labute approximate surface area is 560 Å². The van der Waals surface area contributed by atoms with Gasteiger partial charge in [-0.2, -0.15) is 0 Å². The Hall–Kier alpha value is -3.93. The van der Waals surface area contributed by atoms with Crippen LogP contribution in [0.15, 0.2) is 0 Å². The van der Waals surface area contributed by atoms with Gasteiger partial charge in [-0.3, -0.25) is 38.7 Å². The van der Waals surface area contributed by atoms with Gasteiger partial charge in [0.15, 0.2) is 30.5 Å². The summed E-state index contributed by atoms with van der Waals surface area (Å²) in [4.78, 5) is 71.0. The van der Waals surface area contributed by atoms with Gasteiger partial charge in [0, 0.05) is 137 Å². The Balaban J connectivity index is 6.64. The molecule has 42 heteroatoms. The number of rotatable bonds is 60. The zero-order chi connectivity index (χ0) is 73.9. The minimum atomic E-state index is -2.26. The van der Waals surface area contributed by atoms with Crippen LogP contribution in [0.5, 0.6) is 0 Å². The van der Waals surface area contributed by atoms with Crippen molar-refractivity contribution in [3.8, 4) is 0 Å². The number of nitrogens with zero attached hydrogens (tertiary/aromatic N) is 4. The van der Waals surface area contributed by atoms with Gasteiger partial charge in [0.1, 0.15) is 91.6 Å². The van der Waals surface area contributed by atoms with Gasteiger partial charge in [-0.1, -0.05) is 6.42 Å². The van der Waals surface area contributed by atoms with Crippen molar-refractivity contribution in [3.63, 3.8) is 0 Å². The van der Waals surface area contributed by atoms with Crippen molar-refractivity contribution in [1.82, 2.24) is 56.8 Å². The molecule has 0 spiro atoms. The predicted molar refractivity (Wildman–Crippen MR) is 335 cm³/mol. The van der Waals surface area contributed by atoms with Gasteiger partial charge in [0.05, 0.1) is 33.0 Å². The molecule has 0 aliphatic rings. The number of nitrogens with two attached hydrogens (primary N) is 1. The van der Waals surface area contributed by atoms with E-state index in [9.17, 15) is 126 Å².